The third kappa shape index (κ3) is 3.43. The molecule has 1 rings (SSSR count). The van der Waals surface area contributed by atoms with Crippen molar-refractivity contribution in [3.05, 3.63) is 0 Å². The molecule has 0 aromatic carbocycles. The van der Waals surface area contributed by atoms with Crippen LogP contribution in [0.15, 0.2) is 0 Å². The Morgan fingerprint density at radius 2 is 2.12 bits per heavy atom. The Bertz CT molecular complexity index is 215. The van der Waals surface area contributed by atoms with Gasteiger partial charge in [-0.05, 0) is 32.9 Å². The van der Waals surface area contributed by atoms with Gasteiger partial charge in [-0.3, -0.25) is 4.79 Å². The number of ether oxygens (including phenoxy) is 2. The highest BCUT2D eigenvalue weighted by molar-refractivity contribution is 5.85. The van der Waals surface area contributed by atoms with Crippen LogP contribution in [0.3, 0.4) is 0 Å². The number of carbonyl (C=O) groups excluding carboxylic acids is 1. The average molecular weight is 230 g/mol. The molecule has 1 fully saturated rings. The molecule has 0 spiro atoms. The van der Waals surface area contributed by atoms with Gasteiger partial charge in [0.15, 0.2) is 0 Å². The molecular formula is C11H22N2O3. The van der Waals surface area contributed by atoms with Gasteiger partial charge in [0.1, 0.15) is 5.60 Å². The normalized spacial score (nSPS) is 19.4. The predicted octanol–water partition coefficient (Wildman–Crippen LogP) is -0.0923. The SMILES string of the molecule is CCOCCNC(=O)C1(OC)CCNCC1. The molecule has 5 heteroatoms. The topological polar surface area (TPSA) is 59.6 Å². The maximum absolute atomic E-state index is 12.0. The fourth-order valence-electron chi connectivity index (χ4n) is 1.90. The Morgan fingerprint density at radius 1 is 1.44 bits per heavy atom. The van der Waals surface area contributed by atoms with Gasteiger partial charge in [0, 0.05) is 20.3 Å². The van der Waals surface area contributed by atoms with Crippen molar-refractivity contribution in [1.29, 1.82) is 0 Å². The summed E-state index contributed by atoms with van der Waals surface area (Å²) in [5, 5.41) is 6.08. The highest BCUT2D eigenvalue weighted by Crippen LogP contribution is 2.22. The maximum Gasteiger partial charge on any atom is 0.252 e. The Hall–Kier alpha value is -0.650. The molecule has 1 aliphatic rings. The van der Waals surface area contributed by atoms with E-state index in [1.54, 1.807) is 7.11 Å². The first kappa shape index (κ1) is 13.4. The van der Waals surface area contributed by atoms with Gasteiger partial charge in [0.25, 0.3) is 5.91 Å². The number of carbonyl (C=O) groups is 1. The maximum atomic E-state index is 12.0. The minimum Gasteiger partial charge on any atom is -0.380 e. The van der Waals surface area contributed by atoms with Crippen molar-refractivity contribution in [3.8, 4) is 0 Å². The number of amides is 1. The molecule has 1 heterocycles. The number of hydrogen-bond acceptors (Lipinski definition) is 4. The largest absolute Gasteiger partial charge is 0.380 e. The Morgan fingerprint density at radius 3 is 2.69 bits per heavy atom. The summed E-state index contributed by atoms with van der Waals surface area (Å²) in [6.07, 6.45) is 1.45. The van der Waals surface area contributed by atoms with E-state index in [4.69, 9.17) is 9.47 Å². The molecule has 0 aromatic rings. The summed E-state index contributed by atoms with van der Waals surface area (Å²) >= 11 is 0. The molecule has 5 nitrogen and oxygen atoms in total. The van der Waals surface area contributed by atoms with Crippen LogP contribution in [0.2, 0.25) is 0 Å². The number of methoxy groups -OCH3 is 1. The van der Waals surface area contributed by atoms with Crippen LogP contribution in [0.5, 0.6) is 0 Å². The van der Waals surface area contributed by atoms with Gasteiger partial charge in [-0.15, -0.1) is 0 Å². The molecular weight excluding hydrogens is 208 g/mol. The first-order valence-electron chi connectivity index (χ1n) is 5.87. The number of hydrogen-bond donors (Lipinski definition) is 2. The quantitative estimate of drug-likeness (QED) is 0.626. The second kappa shape index (κ2) is 6.83. The van der Waals surface area contributed by atoms with Gasteiger partial charge >= 0.3 is 0 Å². The molecule has 0 aliphatic carbocycles. The van der Waals surface area contributed by atoms with E-state index in [2.05, 4.69) is 10.6 Å². The summed E-state index contributed by atoms with van der Waals surface area (Å²) < 4.78 is 10.6. The highest BCUT2D eigenvalue weighted by atomic mass is 16.5. The monoisotopic (exact) mass is 230 g/mol. The molecule has 1 saturated heterocycles. The van der Waals surface area contributed by atoms with Crippen LogP contribution in [0.4, 0.5) is 0 Å². The summed E-state index contributed by atoms with van der Waals surface area (Å²) in [6.45, 7) is 5.37. The van der Waals surface area contributed by atoms with Gasteiger partial charge < -0.3 is 20.1 Å². The van der Waals surface area contributed by atoms with Crippen LogP contribution in [0.25, 0.3) is 0 Å². The van der Waals surface area contributed by atoms with Gasteiger partial charge in [-0.1, -0.05) is 0 Å². The van der Waals surface area contributed by atoms with Crippen molar-refractivity contribution < 1.29 is 14.3 Å². The first-order chi connectivity index (χ1) is 7.75. The van der Waals surface area contributed by atoms with Crippen LogP contribution in [0, 0.1) is 0 Å². The molecule has 94 valence electrons. The zero-order valence-corrected chi connectivity index (χ0v) is 10.2. The van der Waals surface area contributed by atoms with Crippen molar-refractivity contribution in [1.82, 2.24) is 10.6 Å². The van der Waals surface area contributed by atoms with E-state index in [9.17, 15) is 4.79 Å². The van der Waals surface area contributed by atoms with Crippen LogP contribution in [-0.4, -0.2) is 51.5 Å². The summed E-state index contributed by atoms with van der Waals surface area (Å²) in [5.74, 6) is -0.0174. The summed E-state index contributed by atoms with van der Waals surface area (Å²) in [7, 11) is 1.60. The van der Waals surface area contributed by atoms with Gasteiger partial charge in [-0.2, -0.15) is 0 Å². The number of nitrogens with one attached hydrogen (secondary N) is 2. The van der Waals surface area contributed by atoms with E-state index < -0.39 is 5.60 Å². The van der Waals surface area contributed by atoms with Crippen LogP contribution in [0.1, 0.15) is 19.8 Å². The first-order valence-corrected chi connectivity index (χ1v) is 5.87. The minimum absolute atomic E-state index is 0.0174. The van der Waals surface area contributed by atoms with Crippen molar-refractivity contribution in [2.24, 2.45) is 0 Å². The Balaban J connectivity index is 2.36. The molecule has 0 saturated carbocycles. The van der Waals surface area contributed by atoms with E-state index >= 15 is 0 Å². The lowest BCUT2D eigenvalue weighted by Gasteiger charge is -2.34. The van der Waals surface area contributed by atoms with Crippen LogP contribution >= 0.6 is 0 Å². The van der Waals surface area contributed by atoms with E-state index in [0.29, 0.717) is 19.8 Å². The van der Waals surface area contributed by atoms with Crippen LogP contribution in [-0.2, 0) is 14.3 Å². The van der Waals surface area contributed by atoms with Gasteiger partial charge in [-0.25, -0.2) is 0 Å². The molecule has 16 heavy (non-hydrogen) atoms. The summed E-state index contributed by atoms with van der Waals surface area (Å²) in [5.41, 5.74) is -0.641. The van der Waals surface area contributed by atoms with Crippen LogP contribution < -0.4 is 10.6 Å². The highest BCUT2D eigenvalue weighted by Gasteiger charge is 2.39. The van der Waals surface area contributed by atoms with E-state index in [-0.39, 0.29) is 5.91 Å². The minimum atomic E-state index is -0.641. The molecule has 2 N–H and O–H groups in total. The fourth-order valence-corrected chi connectivity index (χ4v) is 1.90. The lowest BCUT2D eigenvalue weighted by atomic mass is 9.91. The molecule has 0 aromatic heterocycles. The number of rotatable bonds is 6. The molecule has 0 atom stereocenters. The van der Waals surface area contributed by atoms with Crippen molar-refractivity contribution in [2.75, 3.05) is 40.0 Å². The average Bonchev–Trinajstić information content (AvgIpc) is 2.35. The molecule has 1 aliphatic heterocycles. The van der Waals surface area contributed by atoms with Crippen molar-refractivity contribution >= 4 is 5.91 Å². The summed E-state index contributed by atoms with van der Waals surface area (Å²) in [6, 6.07) is 0. The van der Waals surface area contributed by atoms with E-state index in [1.165, 1.54) is 0 Å². The lowest BCUT2D eigenvalue weighted by molar-refractivity contribution is -0.146. The molecule has 1 amide bonds. The third-order valence-corrected chi connectivity index (χ3v) is 2.95. The smallest absolute Gasteiger partial charge is 0.252 e. The zero-order chi connectivity index (χ0) is 11.9. The zero-order valence-electron chi connectivity index (χ0n) is 10.2. The predicted molar refractivity (Wildman–Crippen MR) is 61.3 cm³/mol. The van der Waals surface area contributed by atoms with Crippen molar-refractivity contribution in [3.63, 3.8) is 0 Å². The second-order valence-electron chi connectivity index (χ2n) is 3.90. The standard InChI is InChI=1S/C11H22N2O3/c1-3-16-9-8-13-10(14)11(15-2)4-6-12-7-5-11/h12H,3-9H2,1-2H3,(H,13,14). The number of piperidine rings is 1. The molecule has 0 bridgehead atoms. The molecule has 0 radical (unpaired) electrons. The Labute approximate surface area is 96.9 Å². The van der Waals surface area contributed by atoms with E-state index in [1.807, 2.05) is 6.92 Å². The van der Waals surface area contributed by atoms with Crippen molar-refractivity contribution in [2.45, 2.75) is 25.4 Å². The fraction of sp³-hybridized carbons (Fsp3) is 0.909. The third-order valence-electron chi connectivity index (χ3n) is 2.95. The molecule has 0 unspecified atom stereocenters. The lowest BCUT2D eigenvalue weighted by Crippen LogP contribution is -2.54. The summed E-state index contributed by atoms with van der Waals surface area (Å²) in [4.78, 5) is 12.0. The van der Waals surface area contributed by atoms with Gasteiger partial charge in [0.05, 0.1) is 6.61 Å². The van der Waals surface area contributed by atoms with Gasteiger partial charge in [0.2, 0.25) is 0 Å². The Kier molecular flexibility index (Phi) is 5.73. The second-order valence-corrected chi connectivity index (χ2v) is 3.90. The van der Waals surface area contributed by atoms with E-state index in [0.717, 1.165) is 25.9 Å².